The number of aliphatic carboxylic acids is 1. The Morgan fingerprint density at radius 2 is 2.00 bits per heavy atom. The lowest BCUT2D eigenvalue weighted by Crippen LogP contribution is -2.32. The van der Waals surface area contributed by atoms with Crippen molar-refractivity contribution in [1.82, 2.24) is 9.38 Å². The van der Waals surface area contributed by atoms with Crippen molar-refractivity contribution in [3.8, 4) is 11.1 Å². The van der Waals surface area contributed by atoms with E-state index in [9.17, 15) is 9.18 Å². The van der Waals surface area contributed by atoms with E-state index in [1.54, 1.807) is 28.9 Å². The van der Waals surface area contributed by atoms with Gasteiger partial charge in [0.2, 0.25) is 0 Å². The van der Waals surface area contributed by atoms with Crippen LogP contribution in [0.5, 0.6) is 0 Å². The monoisotopic (exact) mass is 367 g/mol. The quantitative estimate of drug-likeness (QED) is 0.740. The van der Waals surface area contributed by atoms with Gasteiger partial charge in [-0.15, -0.1) is 0 Å². The van der Waals surface area contributed by atoms with Gasteiger partial charge in [0.1, 0.15) is 17.5 Å². The van der Waals surface area contributed by atoms with Crippen LogP contribution in [0.3, 0.4) is 0 Å². The topological polar surface area (TPSA) is 80.6 Å². The van der Waals surface area contributed by atoms with E-state index in [1.807, 2.05) is 0 Å². The summed E-state index contributed by atoms with van der Waals surface area (Å²) in [6, 6.07) is 4.77. The largest absolute Gasteiger partial charge is 0.480 e. The predicted molar refractivity (Wildman–Crippen MR) is 89.9 cm³/mol. The Morgan fingerprint density at radius 3 is 2.62 bits per heavy atom. The molecule has 0 amide bonds. The molecular weight excluding hydrogens is 356 g/mol. The zero-order valence-electron chi connectivity index (χ0n) is 12.2. The number of carboxylic acid groups (broad SMARTS) is 1. The van der Waals surface area contributed by atoms with Crippen molar-refractivity contribution in [2.45, 2.75) is 12.5 Å². The molecule has 0 bridgehead atoms. The number of pyridine rings is 1. The molecule has 8 heteroatoms. The van der Waals surface area contributed by atoms with Crippen molar-refractivity contribution in [3.05, 3.63) is 58.2 Å². The lowest BCUT2D eigenvalue weighted by atomic mass is 10.0. The van der Waals surface area contributed by atoms with Crippen LogP contribution in [0.1, 0.15) is 5.69 Å². The highest BCUT2D eigenvalue weighted by Crippen LogP contribution is 2.37. The van der Waals surface area contributed by atoms with Gasteiger partial charge in [-0.05, 0) is 24.3 Å². The Bertz CT molecular complexity index is 919. The first kappa shape index (κ1) is 16.7. The molecule has 1 unspecified atom stereocenters. The molecule has 0 fully saturated rings. The number of imidazole rings is 1. The summed E-state index contributed by atoms with van der Waals surface area (Å²) in [5.74, 6) is -1.62. The standard InChI is InChI=1S/C16H12Cl2FN3O2/c17-11-5-8(19)6-12(18)14(11)10-2-1-9(7-13(20)16(23)24)22-4-3-21-15(10)22/h1-6,13H,7,20H2,(H,23,24). The average molecular weight is 368 g/mol. The van der Waals surface area contributed by atoms with Gasteiger partial charge in [-0.3, -0.25) is 4.79 Å². The zero-order valence-corrected chi connectivity index (χ0v) is 13.7. The third kappa shape index (κ3) is 2.96. The van der Waals surface area contributed by atoms with Crippen molar-refractivity contribution in [2.24, 2.45) is 5.73 Å². The summed E-state index contributed by atoms with van der Waals surface area (Å²) in [5.41, 5.74) is 7.89. The van der Waals surface area contributed by atoms with Gasteiger partial charge in [0.05, 0.1) is 10.0 Å². The molecule has 5 nitrogen and oxygen atoms in total. The summed E-state index contributed by atoms with van der Waals surface area (Å²) in [5, 5.41) is 9.31. The minimum absolute atomic E-state index is 0.132. The van der Waals surface area contributed by atoms with E-state index >= 15 is 0 Å². The van der Waals surface area contributed by atoms with Crippen molar-refractivity contribution < 1.29 is 14.3 Å². The summed E-state index contributed by atoms with van der Waals surface area (Å²) >= 11 is 12.3. The first-order valence-electron chi connectivity index (χ1n) is 6.96. The third-order valence-corrected chi connectivity index (χ3v) is 4.25. The molecule has 0 spiro atoms. The summed E-state index contributed by atoms with van der Waals surface area (Å²) in [7, 11) is 0. The molecule has 24 heavy (non-hydrogen) atoms. The maximum Gasteiger partial charge on any atom is 0.320 e. The van der Waals surface area contributed by atoms with Gasteiger partial charge >= 0.3 is 5.97 Å². The Balaban J connectivity index is 2.16. The van der Waals surface area contributed by atoms with E-state index in [2.05, 4.69) is 4.98 Å². The minimum atomic E-state index is -1.09. The Hall–Kier alpha value is -2.15. The van der Waals surface area contributed by atoms with Crippen molar-refractivity contribution in [3.63, 3.8) is 0 Å². The highest BCUT2D eigenvalue weighted by Gasteiger charge is 2.18. The van der Waals surface area contributed by atoms with Crippen LogP contribution < -0.4 is 5.73 Å². The van der Waals surface area contributed by atoms with E-state index in [-0.39, 0.29) is 16.5 Å². The van der Waals surface area contributed by atoms with E-state index in [4.69, 9.17) is 34.0 Å². The second-order valence-corrected chi connectivity index (χ2v) is 6.07. The lowest BCUT2D eigenvalue weighted by molar-refractivity contribution is -0.138. The highest BCUT2D eigenvalue weighted by atomic mass is 35.5. The number of nitrogens with two attached hydrogens (primary N) is 1. The van der Waals surface area contributed by atoms with Gasteiger partial charge < -0.3 is 15.2 Å². The predicted octanol–water partition coefficient (Wildman–Crippen LogP) is 3.40. The molecule has 3 rings (SSSR count). The van der Waals surface area contributed by atoms with E-state index < -0.39 is 17.8 Å². The first-order chi connectivity index (χ1) is 11.4. The van der Waals surface area contributed by atoms with E-state index in [1.165, 1.54) is 12.1 Å². The number of hydrogen-bond donors (Lipinski definition) is 2. The Labute approximate surface area is 146 Å². The lowest BCUT2D eigenvalue weighted by Gasteiger charge is -2.13. The number of carboxylic acids is 1. The molecule has 2 aromatic heterocycles. The van der Waals surface area contributed by atoms with Crippen LogP contribution in [-0.4, -0.2) is 26.5 Å². The molecule has 0 aliphatic rings. The molecule has 2 heterocycles. The fourth-order valence-corrected chi connectivity index (χ4v) is 3.21. The molecule has 0 aliphatic carbocycles. The number of benzene rings is 1. The number of carbonyl (C=O) groups is 1. The molecule has 124 valence electrons. The molecular formula is C16H12Cl2FN3O2. The summed E-state index contributed by atoms with van der Waals surface area (Å²) in [6.45, 7) is 0. The molecule has 3 N–H and O–H groups in total. The molecule has 1 aromatic carbocycles. The summed E-state index contributed by atoms with van der Waals surface area (Å²) in [6.07, 6.45) is 3.39. The van der Waals surface area contributed by atoms with Crippen LogP contribution in [0.2, 0.25) is 10.0 Å². The third-order valence-electron chi connectivity index (χ3n) is 3.66. The summed E-state index contributed by atoms with van der Waals surface area (Å²) < 4.78 is 15.1. The van der Waals surface area contributed by atoms with Crippen LogP contribution in [0.15, 0.2) is 36.7 Å². The van der Waals surface area contributed by atoms with Crippen molar-refractivity contribution in [2.75, 3.05) is 0 Å². The highest BCUT2D eigenvalue weighted by molar-refractivity contribution is 6.39. The van der Waals surface area contributed by atoms with Gasteiger partial charge in [0.15, 0.2) is 0 Å². The van der Waals surface area contributed by atoms with Crippen LogP contribution in [0, 0.1) is 5.82 Å². The molecule has 0 saturated carbocycles. The van der Waals surface area contributed by atoms with Crippen LogP contribution >= 0.6 is 23.2 Å². The van der Waals surface area contributed by atoms with Gasteiger partial charge in [-0.1, -0.05) is 23.2 Å². The van der Waals surface area contributed by atoms with Crippen LogP contribution in [0.25, 0.3) is 16.8 Å². The SMILES string of the molecule is NC(Cc1ccc(-c2c(Cl)cc(F)cc2Cl)c2nccn12)C(=O)O. The molecule has 3 aromatic rings. The van der Waals surface area contributed by atoms with Gasteiger partial charge in [-0.25, -0.2) is 9.37 Å². The number of rotatable bonds is 4. The maximum atomic E-state index is 13.4. The normalized spacial score (nSPS) is 12.5. The second kappa shape index (κ2) is 6.39. The fourth-order valence-electron chi connectivity index (χ4n) is 2.54. The minimum Gasteiger partial charge on any atom is -0.480 e. The van der Waals surface area contributed by atoms with Gasteiger partial charge in [-0.2, -0.15) is 0 Å². The number of halogens is 3. The number of fused-ring (bicyclic) bond motifs is 1. The number of nitrogens with zero attached hydrogens (tertiary/aromatic N) is 2. The van der Waals surface area contributed by atoms with Crippen LogP contribution in [0.4, 0.5) is 4.39 Å². The number of aromatic nitrogens is 2. The molecule has 0 radical (unpaired) electrons. The maximum absolute atomic E-state index is 13.4. The van der Waals surface area contributed by atoms with Gasteiger partial charge in [0.25, 0.3) is 0 Å². The smallest absolute Gasteiger partial charge is 0.320 e. The second-order valence-electron chi connectivity index (χ2n) is 5.25. The molecule has 0 aliphatic heterocycles. The van der Waals surface area contributed by atoms with Gasteiger partial charge in [0, 0.05) is 35.6 Å². The van der Waals surface area contributed by atoms with E-state index in [0.717, 1.165) is 0 Å². The average Bonchev–Trinajstić information content (AvgIpc) is 2.98. The van der Waals surface area contributed by atoms with Crippen LogP contribution in [-0.2, 0) is 11.2 Å². The Kier molecular flexibility index (Phi) is 4.45. The van der Waals surface area contributed by atoms with Crippen molar-refractivity contribution >= 4 is 34.8 Å². The van der Waals surface area contributed by atoms with E-state index in [0.29, 0.717) is 22.5 Å². The molecule has 1 atom stereocenters. The first-order valence-corrected chi connectivity index (χ1v) is 7.72. The fraction of sp³-hybridized carbons (Fsp3) is 0.125. The van der Waals surface area contributed by atoms with Crippen molar-refractivity contribution in [1.29, 1.82) is 0 Å². The Morgan fingerprint density at radius 1 is 1.33 bits per heavy atom. The molecule has 0 saturated heterocycles. The number of hydrogen-bond acceptors (Lipinski definition) is 3. The zero-order chi connectivity index (χ0) is 17.4. The summed E-state index contributed by atoms with van der Waals surface area (Å²) in [4.78, 5) is 15.2.